The number of alkyl halides is 2. The van der Waals surface area contributed by atoms with Crippen molar-refractivity contribution in [2.24, 2.45) is 0 Å². The predicted molar refractivity (Wildman–Crippen MR) is 72.8 cm³/mol. The Morgan fingerprint density at radius 1 is 1.53 bits per heavy atom. The lowest BCUT2D eigenvalue weighted by atomic mass is 10.1. The van der Waals surface area contributed by atoms with Gasteiger partial charge in [0.1, 0.15) is 5.82 Å². The Balaban J connectivity index is 3.23. The van der Waals surface area contributed by atoms with Gasteiger partial charge < -0.3 is 0 Å². The van der Waals surface area contributed by atoms with E-state index in [9.17, 15) is 17.6 Å². The van der Waals surface area contributed by atoms with E-state index in [0.717, 1.165) is 12.1 Å². The van der Waals surface area contributed by atoms with Crippen LogP contribution in [0.15, 0.2) is 24.3 Å². The zero-order chi connectivity index (χ0) is 13.3. The molecule has 0 N–H and O–H groups in total. The van der Waals surface area contributed by atoms with Crippen LogP contribution in [0.2, 0.25) is 0 Å². The third-order valence-electron chi connectivity index (χ3n) is 2.12. The van der Waals surface area contributed by atoms with Crippen LogP contribution in [-0.2, 0) is 9.84 Å². The number of sulfone groups is 1. The number of Topliss-reactive ketones (excluding diaryl/α,β-unsaturated/α-hetero) is 1. The number of rotatable bonds is 4. The van der Waals surface area contributed by atoms with E-state index < -0.39 is 23.7 Å². The highest BCUT2D eigenvalue weighted by atomic mass is 127. The number of ketones is 1. The Morgan fingerprint density at radius 2 is 2.12 bits per heavy atom. The fraction of sp³-hybridized carbons (Fsp3) is 0.300. The van der Waals surface area contributed by atoms with Gasteiger partial charge in [-0.05, 0) is 34.7 Å². The van der Waals surface area contributed by atoms with Gasteiger partial charge in [0, 0.05) is 5.56 Å². The van der Waals surface area contributed by atoms with Crippen molar-refractivity contribution in [2.45, 2.75) is 9.14 Å². The fourth-order valence-corrected chi connectivity index (χ4v) is 3.57. The molecule has 0 bridgehead atoms. The predicted octanol–water partition coefficient (Wildman–Crippen LogP) is 2.77. The largest absolute Gasteiger partial charge is 0.290 e. The standard InChI is InChI=1S/C10H9ClFIO3S/c1-2-17(15,16)10(11,13)9(14)7-4-3-5-8(12)6-7/h3-6H,2H2,1H3. The summed E-state index contributed by atoms with van der Waals surface area (Å²) in [5, 5.41) is 0. The highest BCUT2D eigenvalue weighted by Gasteiger charge is 2.45. The molecule has 0 amide bonds. The number of carbonyl (C=O) groups is 1. The van der Waals surface area contributed by atoms with E-state index in [1.807, 2.05) is 0 Å². The first-order valence-electron chi connectivity index (χ1n) is 4.63. The number of halogens is 3. The molecule has 7 heteroatoms. The molecule has 0 aromatic heterocycles. The molecule has 1 aromatic carbocycles. The summed E-state index contributed by atoms with van der Waals surface area (Å²) in [5.74, 6) is -1.71. The van der Waals surface area contributed by atoms with Gasteiger partial charge in [-0.25, -0.2) is 12.8 Å². The van der Waals surface area contributed by atoms with Crippen LogP contribution in [0.3, 0.4) is 0 Å². The highest BCUT2D eigenvalue weighted by Crippen LogP contribution is 2.35. The molecule has 0 saturated carbocycles. The van der Waals surface area contributed by atoms with Crippen LogP contribution in [0.25, 0.3) is 0 Å². The van der Waals surface area contributed by atoms with Gasteiger partial charge >= 0.3 is 0 Å². The highest BCUT2D eigenvalue weighted by molar-refractivity contribution is 14.1. The Morgan fingerprint density at radius 3 is 2.59 bits per heavy atom. The van der Waals surface area contributed by atoms with Crippen molar-refractivity contribution in [2.75, 3.05) is 5.75 Å². The first-order chi connectivity index (χ1) is 7.72. The summed E-state index contributed by atoms with van der Waals surface area (Å²) in [6.07, 6.45) is 0. The maximum Gasteiger partial charge on any atom is 0.257 e. The second kappa shape index (κ2) is 5.19. The Bertz CT molecular complexity index is 542. The van der Waals surface area contributed by atoms with E-state index in [2.05, 4.69) is 0 Å². The lowest BCUT2D eigenvalue weighted by Gasteiger charge is -2.18. The average Bonchev–Trinajstić information content (AvgIpc) is 2.27. The molecule has 0 aliphatic carbocycles. The van der Waals surface area contributed by atoms with Gasteiger partial charge in [0.05, 0.1) is 5.75 Å². The van der Waals surface area contributed by atoms with Crippen LogP contribution < -0.4 is 0 Å². The summed E-state index contributed by atoms with van der Waals surface area (Å²) >= 11 is 7.16. The quantitative estimate of drug-likeness (QED) is 0.451. The second-order valence-corrected chi connectivity index (χ2v) is 9.46. The molecule has 0 heterocycles. The van der Waals surface area contributed by atoms with Crippen molar-refractivity contribution in [3.8, 4) is 0 Å². The second-order valence-electron chi connectivity index (χ2n) is 3.26. The van der Waals surface area contributed by atoms with Gasteiger partial charge in [0.15, 0.2) is 9.84 Å². The fourth-order valence-electron chi connectivity index (χ4n) is 1.12. The van der Waals surface area contributed by atoms with E-state index in [1.165, 1.54) is 41.6 Å². The third kappa shape index (κ3) is 2.97. The van der Waals surface area contributed by atoms with Gasteiger partial charge in [-0.1, -0.05) is 30.7 Å². The van der Waals surface area contributed by atoms with Crippen LogP contribution in [0, 0.1) is 5.82 Å². The minimum atomic E-state index is -3.78. The maximum atomic E-state index is 12.9. The van der Waals surface area contributed by atoms with Gasteiger partial charge in [-0.2, -0.15) is 0 Å². The van der Waals surface area contributed by atoms with Gasteiger partial charge in [0.2, 0.25) is 5.78 Å². The van der Waals surface area contributed by atoms with Crippen LogP contribution >= 0.6 is 34.2 Å². The first-order valence-corrected chi connectivity index (χ1v) is 7.73. The molecule has 0 saturated heterocycles. The normalized spacial score (nSPS) is 15.3. The maximum absolute atomic E-state index is 12.9. The molecule has 0 fully saturated rings. The van der Waals surface area contributed by atoms with Crippen molar-refractivity contribution < 1.29 is 17.6 Å². The van der Waals surface area contributed by atoms with Crippen LogP contribution in [0.4, 0.5) is 4.39 Å². The summed E-state index contributed by atoms with van der Waals surface area (Å²) < 4.78 is 34.2. The van der Waals surface area contributed by atoms with Crippen LogP contribution in [-0.4, -0.2) is 22.2 Å². The molecule has 0 radical (unpaired) electrons. The monoisotopic (exact) mass is 390 g/mol. The van der Waals surface area contributed by atoms with Crippen molar-refractivity contribution in [1.82, 2.24) is 0 Å². The third-order valence-corrected chi connectivity index (χ3v) is 7.23. The van der Waals surface area contributed by atoms with Crippen molar-refractivity contribution in [3.05, 3.63) is 35.6 Å². The average molecular weight is 391 g/mol. The molecule has 1 unspecified atom stereocenters. The molecule has 3 nitrogen and oxygen atoms in total. The Labute approximate surface area is 117 Å². The molecule has 0 spiro atoms. The number of hydrogen-bond acceptors (Lipinski definition) is 3. The van der Waals surface area contributed by atoms with E-state index in [-0.39, 0.29) is 11.3 Å². The van der Waals surface area contributed by atoms with Crippen LogP contribution in [0.1, 0.15) is 17.3 Å². The van der Waals surface area contributed by atoms with E-state index >= 15 is 0 Å². The summed E-state index contributed by atoms with van der Waals surface area (Å²) in [5.41, 5.74) is -0.0635. The molecule has 0 aliphatic heterocycles. The van der Waals surface area contributed by atoms with Crippen molar-refractivity contribution in [1.29, 1.82) is 0 Å². The summed E-state index contributed by atoms with van der Waals surface area (Å²) in [6.45, 7) is 1.39. The molecular formula is C10H9ClFIO3S. The zero-order valence-corrected chi connectivity index (χ0v) is 12.5. The summed E-state index contributed by atoms with van der Waals surface area (Å²) in [4.78, 5) is 11.9. The lowest BCUT2D eigenvalue weighted by Crippen LogP contribution is -2.36. The minimum Gasteiger partial charge on any atom is -0.290 e. The molecule has 0 aliphatic rings. The Kier molecular flexibility index (Phi) is 4.54. The lowest BCUT2D eigenvalue weighted by molar-refractivity contribution is 0.100. The van der Waals surface area contributed by atoms with Crippen molar-refractivity contribution in [3.63, 3.8) is 0 Å². The molecule has 17 heavy (non-hydrogen) atoms. The molecular weight excluding hydrogens is 382 g/mol. The van der Waals surface area contributed by atoms with Crippen molar-refractivity contribution >= 4 is 49.8 Å². The van der Waals surface area contributed by atoms with E-state index in [4.69, 9.17) is 11.6 Å². The SMILES string of the molecule is CCS(=O)(=O)C(Cl)(I)C(=O)c1cccc(F)c1. The summed E-state index contributed by atoms with van der Waals surface area (Å²) in [7, 11) is -3.78. The van der Waals surface area contributed by atoms with Gasteiger partial charge in [-0.15, -0.1) is 0 Å². The number of hydrogen-bond donors (Lipinski definition) is 0. The Hall–Kier alpha value is -0.210. The van der Waals surface area contributed by atoms with E-state index in [1.54, 1.807) is 0 Å². The van der Waals surface area contributed by atoms with Crippen LogP contribution in [0.5, 0.6) is 0 Å². The number of carbonyl (C=O) groups excluding carboxylic acids is 1. The smallest absolute Gasteiger partial charge is 0.257 e. The minimum absolute atomic E-state index is 0.0635. The first kappa shape index (κ1) is 14.8. The number of benzene rings is 1. The van der Waals surface area contributed by atoms with E-state index in [0.29, 0.717) is 0 Å². The molecule has 1 aromatic rings. The topological polar surface area (TPSA) is 51.2 Å². The molecule has 1 rings (SSSR count). The molecule has 94 valence electrons. The van der Waals surface area contributed by atoms with Gasteiger partial charge in [-0.3, -0.25) is 4.79 Å². The summed E-state index contributed by atoms with van der Waals surface area (Å²) in [6, 6.07) is 4.77. The molecule has 1 atom stereocenters. The van der Waals surface area contributed by atoms with Gasteiger partial charge in [0.25, 0.3) is 2.21 Å². The zero-order valence-electron chi connectivity index (χ0n) is 8.78.